The Balaban J connectivity index is 0.000000271. The Bertz CT molecular complexity index is 2190. The SMILES string of the molecule is CC(C)Cc1ccc2oc3c(c2c1)C(C)(C)c1c(-c2nccc4c2oc2ccccc24)[c-]ccc1-3.CCC(CC)C(=O)/C=C(\O)C(CC)CC.[Ir]. The van der Waals surface area contributed by atoms with Gasteiger partial charge in [-0.3, -0.25) is 4.79 Å². The molecule has 3 heterocycles. The van der Waals surface area contributed by atoms with Gasteiger partial charge in [0.15, 0.2) is 5.78 Å². The van der Waals surface area contributed by atoms with Gasteiger partial charge in [0.1, 0.15) is 22.5 Å². The Morgan fingerprint density at radius 1 is 0.863 bits per heavy atom. The fourth-order valence-electron chi connectivity index (χ4n) is 7.81. The molecule has 0 saturated heterocycles. The van der Waals surface area contributed by atoms with Gasteiger partial charge in [0.05, 0.1) is 5.76 Å². The maximum atomic E-state index is 11.7. The van der Waals surface area contributed by atoms with Crippen molar-refractivity contribution in [2.75, 3.05) is 0 Å². The number of furan rings is 2. The quantitative estimate of drug-likeness (QED) is 0.0843. The number of hydrogen-bond donors (Lipinski definition) is 1. The minimum absolute atomic E-state index is 0. The van der Waals surface area contributed by atoms with Crippen LogP contribution in [0.5, 0.6) is 0 Å². The number of aliphatic hydroxyl groups is 1. The molecule has 0 fully saturated rings. The van der Waals surface area contributed by atoms with E-state index in [1.54, 1.807) is 0 Å². The summed E-state index contributed by atoms with van der Waals surface area (Å²) in [5.74, 6) is 2.12. The Hall–Kier alpha value is -3.99. The number of para-hydroxylation sites is 1. The summed E-state index contributed by atoms with van der Waals surface area (Å²) >= 11 is 0. The first kappa shape index (κ1) is 38.2. The smallest absolute Gasteiger partial charge is 0.162 e. The van der Waals surface area contributed by atoms with Crippen molar-refractivity contribution >= 4 is 38.7 Å². The minimum atomic E-state index is -0.269. The van der Waals surface area contributed by atoms with Crippen LogP contribution in [0.4, 0.5) is 0 Å². The summed E-state index contributed by atoms with van der Waals surface area (Å²) in [7, 11) is 0. The monoisotopic (exact) mass is 861 g/mol. The van der Waals surface area contributed by atoms with E-state index >= 15 is 0 Å². The average molecular weight is 861 g/mol. The molecule has 269 valence electrons. The number of carbonyl (C=O) groups excluding carboxylic acids is 1. The zero-order valence-electron chi connectivity index (χ0n) is 31.1. The van der Waals surface area contributed by atoms with E-state index in [0.717, 1.165) is 82.2 Å². The van der Waals surface area contributed by atoms with Crippen molar-refractivity contribution in [2.24, 2.45) is 17.8 Å². The van der Waals surface area contributed by atoms with Gasteiger partial charge in [0.25, 0.3) is 0 Å². The number of allylic oxidation sites excluding steroid dienone is 2. The molecule has 0 atom stereocenters. The van der Waals surface area contributed by atoms with Crippen LogP contribution in [-0.4, -0.2) is 15.9 Å². The fourth-order valence-corrected chi connectivity index (χ4v) is 7.81. The van der Waals surface area contributed by atoms with Crippen LogP contribution in [0.15, 0.2) is 87.5 Å². The molecule has 6 heteroatoms. The van der Waals surface area contributed by atoms with Gasteiger partial charge in [-0.15, -0.1) is 29.3 Å². The van der Waals surface area contributed by atoms with Crippen molar-refractivity contribution in [2.45, 2.75) is 92.9 Å². The molecule has 51 heavy (non-hydrogen) atoms. The van der Waals surface area contributed by atoms with Crippen LogP contribution in [0, 0.1) is 23.8 Å². The topological polar surface area (TPSA) is 76.5 Å². The number of aromatic nitrogens is 1. The number of pyridine rings is 1. The van der Waals surface area contributed by atoms with Crippen molar-refractivity contribution in [3.63, 3.8) is 0 Å². The van der Waals surface area contributed by atoms with E-state index in [0.29, 0.717) is 5.92 Å². The molecule has 1 aliphatic carbocycles. The van der Waals surface area contributed by atoms with E-state index in [1.165, 1.54) is 28.2 Å². The largest absolute Gasteiger partial charge is 0.512 e. The number of benzene rings is 3. The molecule has 0 aliphatic heterocycles. The summed E-state index contributed by atoms with van der Waals surface area (Å²) in [5, 5.41) is 13.1. The summed E-state index contributed by atoms with van der Waals surface area (Å²) < 4.78 is 12.8. The zero-order chi connectivity index (χ0) is 35.7. The van der Waals surface area contributed by atoms with E-state index in [1.807, 2.05) is 64.2 Å². The Morgan fingerprint density at radius 3 is 2.24 bits per heavy atom. The second kappa shape index (κ2) is 15.7. The molecule has 0 unspecified atom stereocenters. The van der Waals surface area contributed by atoms with Gasteiger partial charge in [-0.1, -0.05) is 85.2 Å². The van der Waals surface area contributed by atoms with Crippen molar-refractivity contribution in [1.29, 1.82) is 0 Å². The van der Waals surface area contributed by atoms with Crippen LogP contribution in [0.2, 0.25) is 0 Å². The normalized spacial score (nSPS) is 13.5. The van der Waals surface area contributed by atoms with Crippen molar-refractivity contribution in [3.8, 4) is 22.6 Å². The zero-order valence-corrected chi connectivity index (χ0v) is 33.5. The number of rotatable bonds is 10. The first-order valence-corrected chi connectivity index (χ1v) is 18.4. The predicted octanol–water partition coefficient (Wildman–Crippen LogP) is 12.6. The van der Waals surface area contributed by atoms with E-state index in [9.17, 15) is 9.90 Å². The average Bonchev–Trinajstić information content (AvgIpc) is 3.74. The van der Waals surface area contributed by atoms with Crippen molar-refractivity contribution in [1.82, 2.24) is 4.98 Å². The van der Waals surface area contributed by atoms with Gasteiger partial charge >= 0.3 is 0 Å². The summed E-state index contributed by atoms with van der Waals surface area (Å²) in [6, 6.07) is 24.5. The number of carbonyl (C=O) groups is 1. The molecule has 0 bridgehead atoms. The molecule has 7 rings (SSSR count). The Morgan fingerprint density at radius 2 is 1.55 bits per heavy atom. The molecule has 0 spiro atoms. The van der Waals surface area contributed by atoms with Gasteiger partial charge in [-0.2, -0.15) is 0 Å². The van der Waals surface area contributed by atoms with Crippen LogP contribution < -0.4 is 0 Å². The van der Waals surface area contributed by atoms with Crippen molar-refractivity contribution < 1.29 is 38.8 Å². The molecular formula is C45H50IrNO4-. The summed E-state index contributed by atoms with van der Waals surface area (Å²) in [6.45, 7) is 17.2. The Kier molecular flexibility index (Phi) is 11.8. The summed E-state index contributed by atoms with van der Waals surface area (Å²) in [4.78, 5) is 16.5. The third kappa shape index (κ3) is 7.10. The fraction of sp³-hybridized carbons (Fsp3) is 0.378. The minimum Gasteiger partial charge on any atom is -0.512 e. The molecule has 5 nitrogen and oxygen atoms in total. The van der Waals surface area contributed by atoms with E-state index in [2.05, 4.69) is 64.1 Å². The molecule has 3 aromatic carbocycles. The third-order valence-corrected chi connectivity index (χ3v) is 10.5. The Labute approximate surface area is 315 Å². The van der Waals surface area contributed by atoms with Gasteiger partial charge < -0.3 is 18.9 Å². The molecule has 1 aliphatic rings. The molecule has 1 radical (unpaired) electrons. The summed E-state index contributed by atoms with van der Waals surface area (Å²) in [6.07, 6.45) is 7.84. The number of hydrogen-bond acceptors (Lipinski definition) is 5. The van der Waals surface area contributed by atoms with Crippen LogP contribution in [-0.2, 0) is 36.7 Å². The maximum Gasteiger partial charge on any atom is 0.162 e. The predicted molar refractivity (Wildman–Crippen MR) is 206 cm³/mol. The number of fused-ring (bicyclic) bond motifs is 8. The van der Waals surface area contributed by atoms with E-state index < -0.39 is 0 Å². The van der Waals surface area contributed by atoms with Gasteiger partial charge in [-0.05, 0) is 73.3 Å². The maximum absolute atomic E-state index is 11.7. The second-order valence-corrected chi connectivity index (χ2v) is 14.6. The van der Waals surface area contributed by atoms with Crippen LogP contribution in [0.1, 0.15) is 97.8 Å². The first-order chi connectivity index (χ1) is 24.0. The number of aliphatic hydroxyl groups excluding tert-OH is 1. The van der Waals surface area contributed by atoms with E-state index in [-0.39, 0.29) is 48.9 Å². The van der Waals surface area contributed by atoms with Gasteiger partial charge in [-0.25, -0.2) is 0 Å². The number of ketones is 1. The van der Waals surface area contributed by atoms with Crippen LogP contribution in [0.3, 0.4) is 0 Å². The molecular weight excluding hydrogens is 811 g/mol. The first-order valence-electron chi connectivity index (χ1n) is 18.4. The van der Waals surface area contributed by atoms with Crippen LogP contribution >= 0.6 is 0 Å². The van der Waals surface area contributed by atoms with E-state index in [4.69, 9.17) is 13.8 Å². The van der Waals surface area contributed by atoms with Gasteiger partial charge in [0.2, 0.25) is 0 Å². The van der Waals surface area contributed by atoms with Gasteiger partial charge in [0, 0.05) is 71.6 Å². The van der Waals surface area contributed by atoms with Crippen LogP contribution in [0.25, 0.3) is 55.5 Å². The number of nitrogens with zero attached hydrogens (tertiary/aromatic N) is 1. The molecule has 0 saturated carbocycles. The molecule has 0 amide bonds. The second-order valence-electron chi connectivity index (χ2n) is 14.6. The standard InChI is InChI=1S/C32H26NO2.C13H24O2.Ir/c1-18(2)16-19-12-13-26-24(17-19)28-30(34-26)23-10-7-9-22(27(23)32(28,3)4)29-31-21(14-15-33-29)20-8-5-6-11-25(20)35-31;1-5-10(6-2)12(14)9-13(15)11(7-3)8-4;/h5-8,10-15,17-18H,16H2,1-4H3;9-11,14H,5-8H2,1-4H3;/q-1;;/b;12-9-;. The summed E-state index contributed by atoms with van der Waals surface area (Å²) in [5.41, 5.74) is 9.10. The third-order valence-electron chi connectivity index (χ3n) is 10.5. The molecule has 1 N–H and O–H groups in total. The molecule has 3 aromatic heterocycles. The van der Waals surface area contributed by atoms with Crippen molar-refractivity contribution in [3.05, 3.63) is 101 Å². The molecule has 6 aromatic rings.